The van der Waals surface area contributed by atoms with Gasteiger partial charge in [0.25, 0.3) is 0 Å². The van der Waals surface area contributed by atoms with Gasteiger partial charge < -0.3 is 10.1 Å². The Morgan fingerprint density at radius 2 is 1.83 bits per heavy atom. The van der Waals surface area contributed by atoms with Gasteiger partial charge in [0.1, 0.15) is 0 Å². The first-order valence-corrected chi connectivity index (χ1v) is 8.80. The van der Waals surface area contributed by atoms with Crippen LogP contribution in [-0.4, -0.2) is 31.3 Å². The number of methoxy groups -OCH3 is 1. The van der Waals surface area contributed by atoms with Crippen molar-refractivity contribution in [1.82, 2.24) is 5.32 Å². The molecule has 4 nitrogen and oxygen atoms in total. The summed E-state index contributed by atoms with van der Waals surface area (Å²) in [6.07, 6.45) is 4.94. The van der Waals surface area contributed by atoms with E-state index < -0.39 is 0 Å². The quantitative estimate of drug-likeness (QED) is 0.371. The molecule has 0 saturated heterocycles. The molecule has 0 saturated carbocycles. The summed E-state index contributed by atoms with van der Waals surface area (Å²) < 4.78 is 4.59. The average molecular weight is 337 g/mol. The van der Waals surface area contributed by atoms with E-state index >= 15 is 0 Å². The zero-order valence-electron chi connectivity index (χ0n) is 13.8. The van der Waals surface area contributed by atoms with Crippen molar-refractivity contribution in [3.63, 3.8) is 0 Å². The smallest absolute Gasteiger partial charge is 0.305 e. The fourth-order valence-electron chi connectivity index (χ4n) is 2.34. The maximum Gasteiger partial charge on any atom is 0.305 e. The standard InChI is InChI=1S/C18H27NO3S/c1-22-17(20)11-7-2-3-8-12-19-18(21)16(14-23)13-15-9-5-4-6-10-15/h4-6,9-10,16,23H,2-3,7-8,11-14H2,1H3,(H,19,21). The number of thiol groups is 1. The molecule has 0 spiro atoms. The first-order chi connectivity index (χ1) is 11.2. The van der Waals surface area contributed by atoms with E-state index in [2.05, 4.69) is 22.7 Å². The van der Waals surface area contributed by atoms with Crippen LogP contribution in [0, 0.1) is 5.92 Å². The van der Waals surface area contributed by atoms with Crippen LogP contribution in [0.25, 0.3) is 0 Å². The minimum atomic E-state index is -0.157. The van der Waals surface area contributed by atoms with E-state index in [9.17, 15) is 9.59 Å². The number of rotatable bonds is 11. The fourth-order valence-corrected chi connectivity index (χ4v) is 2.64. The van der Waals surface area contributed by atoms with Gasteiger partial charge in [-0.1, -0.05) is 43.2 Å². The number of ether oxygens (including phenoxy) is 1. The van der Waals surface area contributed by atoms with Crippen LogP contribution >= 0.6 is 12.6 Å². The molecule has 5 heteroatoms. The molecule has 1 N–H and O–H groups in total. The SMILES string of the molecule is COC(=O)CCCCCCNC(=O)C(CS)Cc1ccccc1. The predicted molar refractivity (Wildman–Crippen MR) is 95.6 cm³/mol. The summed E-state index contributed by atoms with van der Waals surface area (Å²) >= 11 is 4.30. The highest BCUT2D eigenvalue weighted by Gasteiger charge is 2.16. The van der Waals surface area contributed by atoms with Crippen LogP contribution in [0.2, 0.25) is 0 Å². The Labute approximate surface area is 144 Å². The normalized spacial score (nSPS) is 11.7. The van der Waals surface area contributed by atoms with E-state index in [-0.39, 0.29) is 17.8 Å². The predicted octanol–water partition coefficient (Wildman–Crippen LogP) is 3.01. The molecule has 0 bridgehead atoms. The Morgan fingerprint density at radius 1 is 1.13 bits per heavy atom. The molecular formula is C18H27NO3S. The van der Waals surface area contributed by atoms with Gasteiger partial charge >= 0.3 is 5.97 Å². The van der Waals surface area contributed by atoms with Crippen LogP contribution in [0.1, 0.15) is 37.7 Å². The number of hydrogen-bond donors (Lipinski definition) is 2. The van der Waals surface area contributed by atoms with Crippen LogP contribution in [0.4, 0.5) is 0 Å². The molecule has 0 aromatic heterocycles. The molecule has 0 radical (unpaired) electrons. The number of esters is 1. The number of amides is 1. The van der Waals surface area contributed by atoms with E-state index in [0.717, 1.165) is 37.7 Å². The minimum Gasteiger partial charge on any atom is -0.469 e. The maximum absolute atomic E-state index is 12.2. The molecule has 0 aliphatic carbocycles. The number of carbonyl (C=O) groups excluding carboxylic acids is 2. The largest absolute Gasteiger partial charge is 0.469 e. The lowest BCUT2D eigenvalue weighted by atomic mass is 10.00. The van der Waals surface area contributed by atoms with Gasteiger partial charge in [-0.3, -0.25) is 9.59 Å². The Hall–Kier alpha value is -1.49. The van der Waals surface area contributed by atoms with Crippen LogP contribution in [0.15, 0.2) is 30.3 Å². The van der Waals surface area contributed by atoms with Crippen LogP contribution < -0.4 is 5.32 Å². The Balaban J connectivity index is 2.15. The van der Waals surface area contributed by atoms with Crippen molar-refractivity contribution >= 4 is 24.5 Å². The Morgan fingerprint density at radius 3 is 2.48 bits per heavy atom. The molecule has 0 heterocycles. The van der Waals surface area contributed by atoms with Crippen LogP contribution in [-0.2, 0) is 20.7 Å². The van der Waals surface area contributed by atoms with Gasteiger partial charge in [-0.15, -0.1) is 0 Å². The first-order valence-electron chi connectivity index (χ1n) is 8.16. The lowest BCUT2D eigenvalue weighted by Gasteiger charge is -2.14. The topological polar surface area (TPSA) is 55.4 Å². The molecule has 128 valence electrons. The van der Waals surface area contributed by atoms with Gasteiger partial charge in [0.05, 0.1) is 13.0 Å². The fraction of sp³-hybridized carbons (Fsp3) is 0.556. The number of nitrogens with one attached hydrogen (secondary N) is 1. The molecule has 0 aliphatic rings. The molecule has 23 heavy (non-hydrogen) atoms. The van der Waals surface area contributed by atoms with Crippen LogP contribution in [0.3, 0.4) is 0 Å². The summed E-state index contributed by atoms with van der Waals surface area (Å²) in [5, 5.41) is 2.99. The monoisotopic (exact) mass is 337 g/mol. The molecule has 0 fully saturated rings. The summed E-state index contributed by atoms with van der Waals surface area (Å²) in [7, 11) is 1.41. The minimum absolute atomic E-state index is 0.0680. The number of carbonyl (C=O) groups is 2. The second-order valence-corrected chi connectivity index (χ2v) is 5.97. The zero-order valence-corrected chi connectivity index (χ0v) is 14.7. The van der Waals surface area contributed by atoms with Crippen LogP contribution in [0.5, 0.6) is 0 Å². The van der Waals surface area contributed by atoms with E-state index in [1.165, 1.54) is 7.11 Å². The Bertz CT molecular complexity index is 465. The molecule has 1 rings (SSSR count). The summed E-state index contributed by atoms with van der Waals surface area (Å²) in [5.41, 5.74) is 1.16. The highest BCUT2D eigenvalue weighted by molar-refractivity contribution is 7.80. The molecule has 1 unspecified atom stereocenters. The zero-order chi connectivity index (χ0) is 16.9. The van der Waals surface area contributed by atoms with Gasteiger partial charge in [0, 0.05) is 18.7 Å². The van der Waals surface area contributed by atoms with E-state index in [1.54, 1.807) is 0 Å². The van der Waals surface area contributed by atoms with Gasteiger partial charge in [-0.05, 0) is 24.8 Å². The van der Waals surface area contributed by atoms with Gasteiger partial charge in [0.2, 0.25) is 5.91 Å². The van der Waals surface area contributed by atoms with Gasteiger partial charge in [0.15, 0.2) is 0 Å². The number of unbranched alkanes of at least 4 members (excludes halogenated alkanes) is 3. The molecular weight excluding hydrogens is 310 g/mol. The third-order valence-electron chi connectivity index (χ3n) is 3.75. The van der Waals surface area contributed by atoms with Crippen molar-refractivity contribution in [2.45, 2.75) is 38.5 Å². The van der Waals surface area contributed by atoms with Gasteiger partial charge in [-0.2, -0.15) is 12.6 Å². The highest BCUT2D eigenvalue weighted by atomic mass is 32.1. The van der Waals surface area contributed by atoms with E-state index in [1.807, 2.05) is 30.3 Å². The van der Waals surface area contributed by atoms with Crippen molar-refractivity contribution in [1.29, 1.82) is 0 Å². The van der Waals surface area contributed by atoms with Crippen molar-refractivity contribution in [3.8, 4) is 0 Å². The van der Waals surface area contributed by atoms with E-state index in [4.69, 9.17) is 0 Å². The number of hydrogen-bond acceptors (Lipinski definition) is 4. The van der Waals surface area contributed by atoms with Crippen molar-refractivity contribution in [2.75, 3.05) is 19.4 Å². The van der Waals surface area contributed by atoms with Crippen molar-refractivity contribution < 1.29 is 14.3 Å². The lowest BCUT2D eigenvalue weighted by molar-refractivity contribution is -0.140. The molecule has 0 aliphatic heterocycles. The third-order valence-corrected chi connectivity index (χ3v) is 4.19. The van der Waals surface area contributed by atoms with E-state index in [0.29, 0.717) is 18.7 Å². The molecule has 1 aromatic rings. The second kappa shape index (κ2) is 12.0. The summed E-state index contributed by atoms with van der Waals surface area (Å²) in [6.45, 7) is 0.677. The average Bonchev–Trinajstić information content (AvgIpc) is 2.59. The Kier molecular flexibility index (Phi) is 10.2. The summed E-state index contributed by atoms with van der Waals surface area (Å²) in [6, 6.07) is 10.0. The summed E-state index contributed by atoms with van der Waals surface area (Å²) in [5.74, 6) is 0.356. The van der Waals surface area contributed by atoms with Crippen molar-refractivity contribution in [2.24, 2.45) is 5.92 Å². The molecule has 1 amide bonds. The second-order valence-electron chi connectivity index (χ2n) is 5.60. The first kappa shape index (κ1) is 19.6. The molecule has 1 atom stereocenters. The van der Waals surface area contributed by atoms with Gasteiger partial charge in [-0.25, -0.2) is 0 Å². The van der Waals surface area contributed by atoms with Crippen molar-refractivity contribution in [3.05, 3.63) is 35.9 Å². The highest BCUT2D eigenvalue weighted by Crippen LogP contribution is 2.11. The number of benzene rings is 1. The molecule has 1 aromatic carbocycles. The maximum atomic E-state index is 12.2. The summed E-state index contributed by atoms with van der Waals surface area (Å²) in [4.78, 5) is 23.1. The lowest BCUT2D eigenvalue weighted by Crippen LogP contribution is -2.33. The third kappa shape index (κ3) is 8.65.